The quantitative estimate of drug-likeness (QED) is 0.796. The number of hydrogen-bond donors (Lipinski definition) is 2. The van der Waals surface area contributed by atoms with Crippen LogP contribution in [0.5, 0.6) is 0 Å². The van der Waals surface area contributed by atoms with Crippen molar-refractivity contribution >= 4 is 5.91 Å². The molecule has 1 aliphatic heterocycles. The third-order valence-corrected chi connectivity index (χ3v) is 2.91. The predicted octanol–water partition coefficient (Wildman–Crippen LogP) is 0.964. The van der Waals surface area contributed by atoms with Crippen molar-refractivity contribution in [3.05, 3.63) is 35.4 Å². The Balaban J connectivity index is 2.15. The molecule has 2 unspecified atom stereocenters. The fourth-order valence-corrected chi connectivity index (χ4v) is 2.02. The van der Waals surface area contributed by atoms with Gasteiger partial charge in [-0.15, -0.1) is 0 Å². The molecule has 0 bridgehead atoms. The maximum absolute atomic E-state index is 11.0. The lowest BCUT2D eigenvalue weighted by Crippen LogP contribution is -2.19. The van der Waals surface area contributed by atoms with Crippen LogP contribution in [0.25, 0.3) is 0 Å². The van der Waals surface area contributed by atoms with E-state index >= 15 is 0 Å². The van der Waals surface area contributed by atoms with E-state index in [1.807, 2.05) is 12.1 Å². The fourth-order valence-electron chi connectivity index (χ4n) is 2.02. The summed E-state index contributed by atoms with van der Waals surface area (Å²) in [6.07, 6.45) is 2.11. The second-order valence-corrected chi connectivity index (χ2v) is 4.05. The van der Waals surface area contributed by atoms with E-state index in [4.69, 9.17) is 16.2 Å². The Morgan fingerprint density at radius 3 is 2.88 bits per heavy atom. The van der Waals surface area contributed by atoms with Crippen LogP contribution in [0.15, 0.2) is 24.3 Å². The highest BCUT2D eigenvalue weighted by Crippen LogP contribution is 2.32. The van der Waals surface area contributed by atoms with Crippen LogP contribution in [-0.4, -0.2) is 18.6 Å². The average molecular weight is 220 g/mol. The van der Waals surface area contributed by atoms with Crippen LogP contribution < -0.4 is 11.5 Å². The van der Waals surface area contributed by atoms with Gasteiger partial charge in [-0.1, -0.05) is 12.1 Å². The van der Waals surface area contributed by atoms with Crippen LogP contribution in [0.2, 0.25) is 0 Å². The molecule has 1 saturated heterocycles. The Labute approximate surface area is 94.6 Å². The SMILES string of the molecule is NCC1CCC(c2cccc(C(N)=O)c2)O1. The first-order valence-corrected chi connectivity index (χ1v) is 5.46. The molecule has 0 aromatic heterocycles. The molecule has 1 amide bonds. The van der Waals surface area contributed by atoms with Gasteiger partial charge in [-0.2, -0.15) is 0 Å². The number of nitrogens with two attached hydrogens (primary N) is 2. The van der Waals surface area contributed by atoms with Gasteiger partial charge < -0.3 is 16.2 Å². The smallest absolute Gasteiger partial charge is 0.248 e. The number of carbonyl (C=O) groups excluding carboxylic acids is 1. The summed E-state index contributed by atoms with van der Waals surface area (Å²) in [5, 5.41) is 0. The van der Waals surface area contributed by atoms with Gasteiger partial charge in [0.15, 0.2) is 0 Å². The summed E-state index contributed by atoms with van der Waals surface area (Å²) in [4.78, 5) is 11.0. The van der Waals surface area contributed by atoms with Crippen LogP contribution in [0.4, 0.5) is 0 Å². The van der Waals surface area contributed by atoms with E-state index in [1.54, 1.807) is 12.1 Å². The molecule has 4 N–H and O–H groups in total. The van der Waals surface area contributed by atoms with Crippen molar-refractivity contribution in [2.24, 2.45) is 11.5 Å². The standard InChI is InChI=1S/C12H16N2O2/c13-7-10-4-5-11(16-10)8-2-1-3-9(6-8)12(14)15/h1-3,6,10-11H,4-5,7,13H2,(H2,14,15). The summed E-state index contributed by atoms with van der Waals surface area (Å²) in [5.74, 6) is -0.407. The molecule has 1 fully saturated rings. The predicted molar refractivity (Wildman–Crippen MR) is 60.9 cm³/mol. The van der Waals surface area contributed by atoms with Gasteiger partial charge in [-0.25, -0.2) is 0 Å². The molecule has 86 valence electrons. The number of carbonyl (C=O) groups is 1. The zero-order valence-electron chi connectivity index (χ0n) is 9.06. The van der Waals surface area contributed by atoms with Gasteiger partial charge in [0.05, 0.1) is 12.2 Å². The summed E-state index contributed by atoms with van der Waals surface area (Å²) in [6.45, 7) is 0.548. The molecule has 1 aromatic carbocycles. The Bertz CT molecular complexity index is 392. The summed E-state index contributed by atoms with van der Waals surface area (Å²) < 4.78 is 5.75. The van der Waals surface area contributed by atoms with Crippen molar-refractivity contribution in [1.82, 2.24) is 0 Å². The van der Waals surface area contributed by atoms with E-state index in [2.05, 4.69) is 0 Å². The molecule has 1 heterocycles. The van der Waals surface area contributed by atoms with Gasteiger partial charge >= 0.3 is 0 Å². The normalized spacial score (nSPS) is 24.6. The first-order chi connectivity index (χ1) is 7.70. The molecule has 16 heavy (non-hydrogen) atoms. The Kier molecular flexibility index (Phi) is 3.22. The van der Waals surface area contributed by atoms with Crippen LogP contribution >= 0.6 is 0 Å². The second-order valence-electron chi connectivity index (χ2n) is 4.05. The molecule has 2 atom stereocenters. The van der Waals surface area contributed by atoms with Crippen LogP contribution in [0.1, 0.15) is 34.9 Å². The average Bonchev–Trinajstić information content (AvgIpc) is 2.77. The Morgan fingerprint density at radius 1 is 1.44 bits per heavy atom. The van der Waals surface area contributed by atoms with Crippen LogP contribution in [-0.2, 0) is 4.74 Å². The number of primary amides is 1. The van der Waals surface area contributed by atoms with Crippen molar-refractivity contribution in [3.8, 4) is 0 Å². The third kappa shape index (κ3) is 2.23. The van der Waals surface area contributed by atoms with E-state index in [-0.39, 0.29) is 12.2 Å². The third-order valence-electron chi connectivity index (χ3n) is 2.91. The number of rotatable bonds is 3. The van der Waals surface area contributed by atoms with E-state index in [0.717, 1.165) is 18.4 Å². The molecule has 0 saturated carbocycles. The minimum Gasteiger partial charge on any atom is -0.369 e. The number of hydrogen-bond acceptors (Lipinski definition) is 3. The Hall–Kier alpha value is -1.39. The highest BCUT2D eigenvalue weighted by Gasteiger charge is 2.25. The largest absolute Gasteiger partial charge is 0.369 e. The van der Waals surface area contributed by atoms with Crippen molar-refractivity contribution in [3.63, 3.8) is 0 Å². The molecule has 1 aliphatic rings. The van der Waals surface area contributed by atoms with Gasteiger partial charge in [-0.05, 0) is 30.5 Å². The van der Waals surface area contributed by atoms with Crippen molar-refractivity contribution in [2.75, 3.05) is 6.54 Å². The summed E-state index contributed by atoms with van der Waals surface area (Å²) in [5.41, 5.74) is 12.3. The van der Waals surface area contributed by atoms with Gasteiger partial charge in [0.25, 0.3) is 0 Å². The van der Waals surface area contributed by atoms with Crippen molar-refractivity contribution in [2.45, 2.75) is 25.0 Å². The maximum Gasteiger partial charge on any atom is 0.248 e. The first-order valence-electron chi connectivity index (χ1n) is 5.46. The molecule has 0 radical (unpaired) electrons. The van der Waals surface area contributed by atoms with Crippen molar-refractivity contribution < 1.29 is 9.53 Å². The highest BCUT2D eigenvalue weighted by molar-refractivity contribution is 5.92. The minimum absolute atomic E-state index is 0.0489. The van der Waals surface area contributed by atoms with Gasteiger partial charge in [0, 0.05) is 12.1 Å². The minimum atomic E-state index is -0.407. The summed E-state index contributed by atoms with van der Waals surface area (Å²) in [7, 11) is 0. The molecular weight excluding hydrogens is 204 g/mol. The number of ether oxygens (including phenoxy) is 1. The zero-order valence-corrected chi connectivity index (χ0v) is 9.06. The Morgan fingerprint density at radius 2 is 2.25 bits per heavy atom. The number of amides is 1. The second kappa shape index (κ2) is 4.63. The molecule has 0 aliphatic carbocycles. The fraction of sp³-hybridized carbons (Fsp3) is 0.417. The molecule has 0 spiro atoms. The molecule has 2 rings (SSSR count). The maximum atomic E-state index is 11.0. The van der Waals surface area contributed by atoms with E-state index < -0.39 is 5.91 Å². The lowest BCUT2D eigenvalue weighted by molar-refractivity contribution is 0.0498. The van der Waals surface area contributed by atoms with Gasteiger partial charge in [0.1, 0.15) is 0 Å². The van der Waals surface area contributed by atoms with E-state index in [9.17, 15) is 4.79 Å². The topological polar surface area (TPSA) is 78.3 Å². The zero-order chi connectivity index (χ0) is 11.5. The molecule has 4 nitrogen and oxygen atoms in total. The van der Waals surface area contributed by atoms with E-state index in [1.165, 1.54) is 0 Å². The van der Waals surface area contributed by atoms with Crippen LogP contribution in [0, 0.1) is 0 Å². The van der Waals surface area contributed by atoms with Gasteiger partial charge in [0.2, 0.25) is 5.91 Å². The van der Waals surface area contributed by atoms with Crippen molar-refractivity contribution in [1.29, 1.82) is 0 Å². The van der Waals surface area contributed by atoms with E-state index in [0.29, 0.717) is 12.1 Å². The first kappa shape index (κ1) is 11.1. The lowest BCUT2D eigenvalue weighted by atomic mass is 10.0. The number of benzene rings is 1. The molecule has 4 heteroatoms. The molecule has 1 aromatic rings. The summed E-state index contributed by atoms with van der Waals surface area (Å²) in [6, 6.07) is 7.29. The van der Waals surface area contributed by atoms with Gasteiger partial charge in [-0.3, -0.25) is 4.79 Å². The summed E-state index contributed by atoms with van der Waals surface area (Å²) >= 11 is 0. The highest BCUT2D eigenvalue weighted by atomic mass is 16.5. The lowest BCUT2D eigenvalue weighted by Gasteiger charge is -2.13. The monoisotopic (exact) mass is 220 g/mol. The van der Waals surface area contributed by atoms with Crippen LogP contribution in [0.3, 0.4) is 0 Å². The molecular formula is C12H16N2O2.